The van der Waals surface area contributed by atoms with Crippen LogP contribution in [0.5, 0.6) is 5.75 Å². The Hall–Kier alpha value is -3.31. The van der Waals surface area contributed by atoms with Crippen molar-refractivity contribution in [1.82, 2.24) is 5.32 Å². The van der Waals surface area contributed by atoms with Gasteiger partial charge in [0.25, 0.3) is 11.8 Å². The van der Waals surface area contributed by atoms with Gasteiger partial charge in [-0.1, -0.05) is 41.9 Å². The number of aryl methyl sites for hydroxylation is 2. The van der Waals surface area contributed by atoms with Crippen LogP contribution in [-0.4, -0.2) is 18.4 Å². The van der Waals surface area contributed by atoms with Gasteiger partial charge < -0.3 is 15.4 Å². The lowest BCUT2D eigenvalue weighted by Crippen LogP contribution is -2.26. The van der Waals surface area contributed by atoms with Crippen molar-refractivity contribution in [1.29, 1.82) is 0 Å². The normalized spacial score (nSPS) is 11.5. The molecule has 0 aromatic heterocycles. The first-order valence-electron chi connectivity index (χ1n) is 9.99. The number of rotatable bonds is 7. The van der Waals surface area contributed by atoms with Gasteiger partial charge in [0, 0.05) is 16.3 Å². The number of nitrogens with one attached hydrogen (secondary N) is 2. The quantitative estimate of drug-likeness (QED) is 0.516. The minimum absolute atomic E-state index is 0.106. The number of amides is 2. The number of halogens is 1. The largest absolute Gasteiger partial charge is 0.484 e. The van der Waals surface area contributed by atoms with E-state index in [1.807, 2.05) is 51.1 Å². The molecule has 160 valence electrons. The van der Waals surface area contributed by atoms with E-state index < -0.39 is 0 Å². The molecule has 0 saturated carbocycles. The van der Waals surface area contributed by atoms with Gasteiger partial charge in [0.15, 0.2) is 6.61 Å². The maximum Gasteiger partial charge on any atom is 0.262 e. The second-order valence-corrected chi connectivity index (χ2v) is 7.77. The van der Waals surface area contributed by atoms with Crippen LogP contribution in [0, 0.1) is 13.8 Å². The number of carbonyl (C=O) groups excluding carboxylic acids is 2. The van der Waals surface area contributed by atoms with Gasteiger partial charge in [-0.2, -0.15) is 0 Å². The van der Waals surface area contributed by atoms with Gasteiger partial charge in [-0.3, -0.25) is 9.59 Å². The first kappa shape index (κ1) is 22.4. The lowest BCUT2D eigenvalue weighted by molar-refractivity contribution is -0.118. The number of hydrogen-bond donors (Lipinski definition) is 2. The Morgan fingerprint density at radius 1 is 0.968 bits per heavy atom. The predicted octanol–water partition coefficient (Wildman–Crippen LogP) is 5.47. The molecule has 31 heavy (non-hydrogen) atoms. The van der Waals surface area contributed by atoms with Crippen molar-refractivity contribution in [3.8, 4) is 5.75 Å². The van der Waals surface area contributed by atoms with Crippen molar-refractivity contribution < 1.29 is 14.3 Å². The van der Waals surface area contributed by atoms with Gasteiger partial charge in [0.1, 0.15) is 5.75 Å². The number of benzene rings is 3. The zero-order chi connectivity index (χ0) is 22.4. The van der Waals surface area contributed by atoms with Crippen molar-refractivity contribution >= 4 is 29.1 Å². The Bertz CT molecular complexity index is 1040. The number of anilines is 1. The fourth-order valence-corrected chi connectivity index (χ4v) is 3.25. The molecule has 0 aliphatic heterocycles. The van der Waals surface area contributed by atoms with E-state index in [0.717, 1.165) is 16.7 Å². The van der Waals surface area contributed by atoms with Crippen LogP contribution in [0.15, 0.2) is 66.7 Å². The van der Waals surface area contributed by atoms with Crippen LogP contribution in [0.4, 0.5) is 5.69 Å². The van der Waals surface area contributed by atoms with Gasteiger partial charge >= 0.3 is 0 Å². The molecule has 0 aliphatic carbocycles. The van der Waals surface area contributed by atoms with Crippen LogP contribution in [0.1, 0.15) is 40.0 Å². The average Bonchev–Trinajstić information content (AvgIpc) is 2.77. The van der Waals surface area contributed by atoms with E-state index in [-0.39, 0.29) is 24.5 Å². The lowest BCUT2D eigenvalue weighted by atomic mass is 10.1. The molecule has 5 nitrogen and oxygen atoms in total. The van der Waals surface area contributed by atoms with Gasteiger partial charge in [-0.15, -0.1) is 0 Å². The molecule has 0 fully saturated rings. The van der Waals surface area contributed by atoms with Crippen LogP contribution in [0.3, 0.4) is 0 Å². The van der Waals surface area contributed by atoms with E-state index in [1.54, 1.807) is 36.4 Å². The van der Waals surface area contributed by atoms with Gasteiger partial charge in [-0.25, -0.2) is 0 Å². The highest BCUT2D eigenvalue weighted by atomic mass is 35.5. The third kappa shape index (κ3) is 6.09. The monoisotopic (exact) mass is 436 g/mol. The molecule has 2 N–H and O–H groups in total. The topological polar surface area (TPSA) is 67.4 Å². The molecule has 2 amide bonds. The summed E-state index contributed by atoms with van der Waals surface area (Å²) in [5, 5.41) is 6.43. The SMILES string of the molecule is Cc1cc(OCC(=O)Nc2ccc(C(=O)NC(C)c3ccccc3)cc2)cc(C)c1Cl. The molecule has 0 aliphatic rings. The summed E-state index contributed by atoms with van der Waals surface area (Å²) >= 11 is 6.15. The zero-order valence-corrected chi connectivity index (χ0v) is 18.5. The van der Waals surface area contributed by atoms with E-state index in [9.17, 15) is 9.59 Å². The van der Waals surface area contributed by atoms with Gasteiger partial charge in [-0.05, 0) is 73.9 Å². The van der Waals surface area contributed by atoms with E-state index >= 15 is 0 Å². The number of ether oxygens (including phenoxy) is 1. The second-order valence-electron chi connectivity index (χ2n) is 7.39. The van der Waals surface area contributed by atoms with Gasteiger partial charge in [0.2, 0.25) is 0 Å². The van der Waals surface area contributed by atoms with Crippen LogP contribution >= 0.6 is 11.6 Å². The summed E-state index contributed by atoms with van der Waals surface area (Å²) in [6, 6.07) is 20.0. The molecule has 1 atom stereocenters. The highest BCUT2D eigenvalue weighted by Gasteiger charge is 2.12. The third-order valence-electron chi connectivity index (χ3n) is 4.86. The Balaban J connectivity index is 1.52. The molecular formula is C25H25ClN2O3. The molecular weight excluding hydrogens is 412 g/mol. The Morgan fingerprint density at radius 3 is 2.19 bits per heavy atom. The third-order valence-corrected chi connectivity index (χ3v) is 5.45. The van der Waals surface area contributed by atoms with Crippen molar-refractivity contribution in [2.45, 2.75) is 26.8 Å². The summed E-state index contributed by atoms with van der Waals surface area (Å²) in [6.07, 6.45) is 0. The van der Waals surface area contributed by atoms with Crippen LogP contribution in [0.25, 0.3) is 0 Å². The first-order chi connectivity index (χ1) is 14.8. The van der Waals surface area contributed by atoms with Crippen molar-refractivity contribution in [3.63, 3.8) is 0 Å². The van der Waals surface area contributed by atoms with E-state index in [1.165, 1.54) is 0 Å². The molecule has 0 heterocycles. The van der Waals surface area contributed by atoms with Crippen LogP contribution < -0.4 is 15.4 Å². The maximum atomic E-state index is 12.5. The number of hydrogen-bond acceptors (Lipinski definition) is 3. The molecule has 3 aromatic carbocycles. The minimum Gasteiger partial charge on any atom is -0.484 e. The second kappa shape index (κ2) is 10.1. The summed E-state index contributed by atoms with van der Waals surface area (Å²) in [5.74, 6) is 0.125. The van der Waals surface area contributed by atoms with Crippen molar-refractivity contribution in [2.75, 3.05) is 11.9 Å². The fourth-order valence-electron chi connectivity index (χ4n) is 3.15. The summed E-state index contributed by atoms with van der Waals surface area (Å²) in [4.78, 5) is 24.7. The maximum absolute atomic E-state index is 12.5. The van der Waals surface area contributed by atoms with E-state index in [2.05, 4.69) is 10.6 Å². The molecule has 3 aromatic rings. The minimum atomic E-state index is -0.292. The smallest absolute Gasteiger partial charge is 0.262 e. The molecule has 3 rings (SSSR count). The fraction of sp³-hybridized carbons (Fsp3) is 0.200. The van der Waals surface area contributed by atoms with Gasteiger partial charge in [0.05, 0.1) is 6.04 Å². The average molecular weight is 437 g/mol. The predicted molar refractivity (Wildman–Crippen MR) is 124 cm³/mol. The molecule has 0 bridgehead atoms. The summed E-state index contributed by atoms with van der Waals surface area (Å²) in [6.45, 7) is 5.59. The summed E-state index contributed by atoms with van der Waals surface area (Å²) < 4.78 is 5.57. The zero-order valence-electron chi connectivity index (χ0n) is 17.7. The van der Waals surface area contributed by atoms with Crippen LogP contribution in [0.2, 0.25) is 5.02 Å². The lowest BCUT2D eigenvalue weighted by Gasteiger charge is -2.14. The standard InChI is InChI=1S/C25H25ClN2O3/c1-16-13-22(14-17(2)24(16)26)31-15-23(29)28-21-11-9-20(10-12-21)25(30)27-18(3)19-7-5-4-6-8-19/h4-14,18H,15H2,1-3H3,(H,27,30)(H,28,29). The van der Waals surface area contributed by atoms with Crippen molar-refractivity contribution in [3.05, 3.63) is 94.0 Å². The molecule has 6 heteroatoms. The Morgan fingerprint density at radius 2 is 1.58 bits per heavy atom. The van der Waals surface area contributed by atoms with E-state index in [4.69, 9.17) is 16.3 Å². The Labute approximate surface area is 187 Å². The molecule has 0 radical (unpaired) electrons. The number of carbonyl (C=O) groups is 2. The molecule has 0 saturated heterocycles. The summed E-state index contributed by atoms with van der Waals surface area (Å²) in [5.41, 5.74) is 3.93. The van der Waals surface area contributed by atoms with Crippen molar-refractivity contribution in [2.24, 2.45) is 0 Å². The Kier molecular flexibility index (Phi) is 7.32. The summed E-state index contributed by atoms with van der Waals surface area (Å²) in [7, 11) is 0. The molecule has 0 spiro atoms. The first-order valence-corrected chi connectivity index (χ1v) is 10.4. The molecule has 1 unspecified atom stereocenters. The highest BCUT2D eigenvalue weighted by molar-refractivity contribution is 6.32. The highest BCUT2D eigenvalue weighted by Crippen LogP contribution is 2.25. The van der Waals surface area contributed by atoms with E-state index in [0.29, 0.717) is 22.0 Å². The van der Waals surface area contributed by atoms with Crippen LogP contribution in [-0.2, 0) is 4.79 Å².